The smallest absolute Gasteiger partial charge is 0.307 e. The quantitative estimate of drug-likeness (QED) is 0.834. The number of rotatable bonds is 5. The van der Waals surface area contributed by atoms with E-state index in [1.807, 2.05) is 0 Å². The third-order valence-corrected chi connectivity index (χ3v) is 5.20. The molecule has 0 spiro atoms. The summed E-state index contributed by atoms with van der Waals surface area (Å²) in [5, 5.41) is 10.4. The van der Waals surface area contributed by atoms with Crippen LogP contribution >= 0.6 is 11.3 Å². The van der Waals surface area contributed by atoms with Gasteiger partial charge in [0.05, 0.1) is 5.92 Å². The van der Waals surface area contributed by atoms with Gasteiger partial charge < -0.3 is 5.11 Å². The maximum atomic E-state index is 11.7. The van der Waals surface area contributed by atoms with Crippen molar-refractivity contribution < 1.29 is 18.3 Å². The highest BCUT2D eigenvalue weighted by molar-refractivity contribution is 7.91. The highest BCUT2D eigenvalue weighted by Gasteiger charge is 2.25. The first-order valence-electron chi connectivity index (χ1n) is 4.63. The summed E-state index contributed by atoms with van der Waals surface area (Å²) in [6.07, 6.45) is 0. The minimum Gasteiger partial charge on any atom is -0.481 e. The Labute approximate surface area is 98.2 Å². The fourth-order valence-electron chi connectivity index (χ4n) is 1.04. The van der Waals surface area contributed by atoms with Gasteiger partial charge in [0, 0.05) is 6.04 Å². The Bertz CT molecular complexity index is 452. The molecule has 16 heavy (non-hydrogen) atoms. The lowest BCUT2D eigenvalue weighted by Crippen LogP contribution is -2.39. The summed E-state index contributed by atoms with van der Waals surface area (Å²) in [7, 11) is -3.59. The Morgan fingerprint density at radius 3 is 2.56 bits per heavy atom. The molecule has 7 heteroatoms. The van der Waals surface area contributed by atoms with Gasteiger partial charge in [0.15, 0.2) is 0 Å². The first-order valence-corrected chi connectivity index (χ1v) is 6.99. The molecule has 0 aliphatic rings. The van der Waals surface area contributed by atoms with Crippen LogP contribution in [0.5, 0.6) is 0 Å². The van der Waals surface area contributed by atoms with E-state index in [9.17, 15) is 13.2 Å². The largest absolute Gasteiger partial charge is 0.481 e. The number of carboxylic acid groups (broad SMARTS) is 1. The third-order valence-electron chi connectivity index (χ3n) is 2.24. The van der Waals surface area contributed by atoms with Crippen LogP contribution in [0.25, 0.3) is 0 Å². The van der Waals surface area contributed by atoms with Gasteiger partial charge in [0.25, 0.3) is 0 Å². The normalized spacial score (nSPS) is 15.6. The van der Waals surface area contributed by atoms with Gasteiger partial charge >= 0.3 is 5.97 Å². The van der Waals surface area contributed by atoms with E-state index in [0.717, 1.165) is 11.3 Å². The van der Waals surface area contributed by atoms with E-state index in [4.69, 9.17) is 5.11 Å². The Balaban J connectivity index is 2.78. The Hall–Kier alpha value is -0.920. The maximum absolute atomic E-state index is 11.7. The van der Waals surface area contributed by atoms with Gasteiger partial charge in [-0.05, 0) is 18.4 Å². The standard InChI is InChI=1S/C9H13NO4S2/c1-6(9(11)12)7(2)10-16(13,14)8-4-3-5-15-8/h3-7,10H,1-2H3,(H,11,12). The molecule has 0 radical (unpaired) electrons. The number of carbonyl (C=O) groups is 1. The van der Waals surface area contributed by atoms with E-state index in [0.29, 0.717) is 0 Å². The Morgan fingerprint density at radius 1 is 1.50 bits per heavy atom. The highest BCUT2D eigenvalue weighted by Crippen LogP contribution is 2.17. The molecule has 2 N–H and O–H groups in total. The lowest BCUT2D eigenvalue weighted by Gasteiger charge is -2.16. The van der Waals surface area contributed by atoms with Crippen LogP contribution in [0.15, 0.2) is 21.7 Å². The monoisotopic (exact) mass is 263 g/mol. The van der Waals surface area contributed by atoms with Crippen LogP contribution in [0.3, 0.4) is 0 Å². The Morgan fingerprint density at radius 2 is 2.12 bits per heavy atom. The predicted octanol–water partition coefficient (Wildman–Crippen LogP) is 1.14. The minimum absolute atomic E-state index is 0.192. The van der Waals surface area contributed by atoms with Gasteiger partial charge in [-0.25, -0.2) is 13.1 Å². The number of carboxylic acids is 1. The molecule has 0 aromatic carbocycles. The van der Waals surface area contributed by atoms with Crippen LogP contribution in [-0.2, 0) is 14.8 Å². The second-order valence-electron chi connectivity index (χ2n) is 3.47. The van der Waals surface area contributed by atoms with E-state index in [2.05, 4.69) is 4.72 Å². The summed E-state index contributed by atoms with van der Waals surface area (Å²) in [4.78, 5) is 10.7. The molecule has 1 aromatic heterocycles. The first-order chi connectivity index (χ1) is 7.34. The molecule has 0 saturated carbocycles. The number of nitrogens with one attached hydrogen (secondary N) is 1. The van der Waals surface area contributed by atoms with Gasteiger partial charge in [0.2, 0.25) is 10.0 Å². The Kier molecular flexibility index (Phi) is 4.06. The zero-order chi connectivity index (χ0) is 12.3. The first kappa shape index (κ1) is 13.1. The summed E-state index contributed by atoms with van der Waals surface area (Å²) in [5.41, 5.74) is 0. The summed E-state index contributed by atoms with van der Waals surface area (Å²) < 4.78 is 26.0. The average molecular weight is 263 g/mol. The zero-order valence-corrected chi connectivity index (χ0v) is 10.5. The summed E-state index contributed by atoms with van der Waals surface area (Å²) in [6, 6.07) is 2.46. The zero-order valence-electron chi connectivity index (χ0n) is 8.88. The van der Waals surface area contributed by atoms with Crippen molar-refractivity contribution in [3.8, 4) is 0 Å². The van der Waals surface area contributed by atoms with Crippen LogP contribution in [0.4, 0.5) is 0 Å². The van der Waals surface area contributed by atoms with Crippen LogP contribution in [-0.4, -0.2) is 25.5 Å². The van der Waals surface area contributed by atoms with Crippen molar-refractivity contribution >= 4 is 27.3 Å². The van der Waals surface area contributed by atoms with Crippen LogP contribution in [0.1, 0.15) is 13.8 Å². The fraction of sp³-hybridized carbons (Fsp3) is 0.444. The van der Waals surface area contributed by atoms with Crippen molar-refractivity contribution in [3.63, 3.8) is 0 Å². The third kappa shape index (κ3) is 3.03. The SMILES string of the molecule is CC(NS(=O)(=O)c1cccs1)C(C)C(=O)O. The topological polar surface area (TPSA) is 83.5 Å². The molecular formula is C9H13NO4S2. The fourth-order valence-corrected chi connectivity index (χ4v) is 3.37. The molecule has 0 saturated heterocycles. The molecule has 1 aromatic rings. The molecular weight excluding hydrogens is 250 g/mol. The lowest BCUT2D eigenvalue weighted by molar-refractivity contribution is -0.141. The van der Waals surface area contributed by atoms with E-state index >= 15 is 0 Å². The maximum Gasteiger partial charge on any atom is 0.307 e. The molecule has 0 aliphatic heterocycles. The molecule has 0 aliphatic carbocycles. The second-order valence-corrected chi connectivity index (χ2v) is 6.36. The molecule has 2 unspecified atom stereocenters. The van der Waals surface area contributed by atoms with Gasteiger partial charge in [0.1, 0.15) is 4.21 Å². The summed E-state index contributed by atoms with van der Waals surface area (Å²) in [5.74, 6) is -1.80. The summed E-state index contributed by atoms with van der Waals surface area (Å²) >= 11 is 1.09. The molecule has 0 amide bonds. The van der Waals surface area contributed by atoms with Gasteiger partial charge in [-0.2, -0.15) is 0 Å². The molecule has 0 bridgehead atoms. The molecule has 5 nitrogen and oxygen atoms in total. The molecule has 90 valence electrons. The van der Waals surface area contributed by atoms with E-state index in [1.165, 1.54) is 19.9 Å². The van der Waals surface area contributed by atoms with E-state index < -0.39 is 28.0 Å². The molecule has 0 fully saturated rings. The van der Waals surface area contributed by atoms with Crippen molar-refractivity contribution in [3.05, 3.63) is 17.5 Å². The molecule has 1 heterocycles. The average Bonchev–Trinajstić information content (AvgIpc) is 2.68. The van der Waals surface area contributed by atoms with Crippen molar-refractivity contribution in [2.75, 3.05) is 0 Å². The number of hydrogen-bond acceptors (Lipinski definition) is 4. The van der Waals surface area contributed by atoms with E-state index in [-0.39, 0.29) is 4.21 Å². The van der Waals surface area contributed by atoms with Gasteiger partial charge in [-0.3, -0.25) is 4.79 Å². The van der Waals surface area contributed by atoms with Crippen LogP contribution in [0, 0.1) is 5.92 Å². The van der Waals surface area contributed by atoms with Gasteiger partial charge in [-0.1, -0.05) is 13.0 Å². The van der Waals surface area contributed by atoms with Crippen molar-refractivity contribution in [1.29, 1.82) is 0 Å². The second kappa shape index (κ2) is 4.94. The summed E-state index contributed by atoms with van der Waals surface area (Å²) in [6.45, 7) is 2.99. The molecule has 2 atom stereocenters. The minimum atomic E-state index is -3.59. The van der Waals surface area contributed by atoms with Crippen molar-refractivity contribution in [1.82, 2.24) is 4.72 Å². The van der Waals surface area contributed by atoms with E-state index in [1.54, 1.807) is 11.4 Å². The lowest BCUT2D eigenvalue weighted by atomic mass is 10.1. The van der Waals surface area contributed by atoms with Crippen LogP contribution in [0.2, 0.25) is 0 Å². The predicted molar refractivity (Wildman–Crippen MR) is 60.9 cm³/mol. The number of hydrogen-bond donors (Lipinski definition) is 2. The number of aliphatic carboxylic acids is 1. The van der Waals surface area contributed by atoms with Crippen molar-refractivity contribution in [2.45, 2.75) is 24.1 Å². The van der Waals surface area contributed by atoms with Gasteiger partial charge in [-0.15, -0.1) is 11.3 Å². The molecule has 1 rings (SSSR count). The highest BCUT2D eigenvalue weighted by atomic mass is 32.2. The van der Waals surface area contributed by atoms with Crippen LogP contribution < -0.4 is 4.72 Å². The number of sulfonamides is 1. The number of thiophene rings is 1. The van der Waals surface area contributed by atoms with Crippen molar-refractivity contribution in [2.24, 2.45) is 5.92 Å².